The highest BCUT2D eigenvalue weighted by Gasteiger charge is 2.21. The summed E-state index contributed by atoms with van der Waals surface area (Å²) in [5.41, 5.74) is 3.36. The first-order chi connectivity index (χ1) is 17.3. The molecule has 2 heterocycles. The third-order valence-electron chi connectivity index (χ3n) is 6.07. The maximum Gasteiger partial charge on any atom is 0.355 e. The molecule has 0 radical (unpaired) electrons. The molecule has 4 rings (SSSR count). The standard InChI is InChI=1S/C30H32FN3O3/c1-29(2,3)21-12-9-19(10-13-21)25(35)14-11-18-7-8-20(15-23(18)31)26-22-16-24(28(36)37-30(4,5)6)34-27(22)33-17-32-26/h7-10,12-13,15-17H,11,14H2,1-6H3,(H,32,33,34). The second-order valence-corrected chi connectivity index (χ2v) is 11.2. The van der Waals surface area contributed by atoms with Crippen LogP contribution in [0.4, 0.5) is 4.39 Å². The Labute approximate surface area is 216 Å². The summed E-state index contributed by atoms with van der Waals surface area (Å²) in [6.45, 7) is 11.7. The number of benzene rings is 2. The number of rotatable bonds is 6. The van der Waals surface area contributed by atoms with Gasteiger partial charge in [0.05, 0.1) is 5.69 Å². The topological polar surface area (TPSA) is 84.9 Å². The lowest BCUT2D eigenvalue weighted by molar-refractivity contribution is 0.00637. The molecule has 6 nitrogen and oxygen atoms in total. The number of aromatic nitrogens is 3. The summed E-state index contributed by atoms with van der Waals surface area (Å²) in [4.78, 5) is 36.6. The van der Waals surface area contributed by atoms with E-state index in [9.17, 15) is 9.59 Å². The maximum atomic E-state index is 15.1. The minimum atomic E-state index is -0.640. The first kappa shape index (κ1) is 26.2. The molecule has 0 saturated heterocycles. The van der Waals surface area contributed by atoms with Crippen LogP contribution < -0.4 is 0 Å². The molecule has 1 N–H and O–H groups in total. The molecule has 2 aromatic heterocycles. The van der Waals surface area contributed by atoms with Gasteiger partial charge in [0.15, 0.2) is 5.78 Å². The number of nitrogens with zero attached hydrogens (tertiary/aromatic N) is 2. The number of hydrogen-bond acceptors (Lipinski definition) is 5. The van der Waals surface area contributed by atoms with E-state index < -0.39 is 17.4 Å². The van der Waals surface area contributed by atoms with Crippen LogP contribution in [0, 0.1) is 5.82 Å². The van der Waals surface area contributed by atoms with Gasteiger partial charge in [-0.05, 0) is 55.9 Å². The number of carbonyl (C=O) groups excluding carboxylic acids is 2. The monoisotopic (exact) mass is 501 g/mol. The van der Waals surface area contributed by atoms with Crippen molar-refractivity contribution in [2.75, 3.05) is 0 Å². The Hall–Kier alpha value is -3.87. The van der Waals surface area contributed by atoms with Gasteiger partial charge in [0.25, 0.3) is 0 Å². The van der Waals surface area contributed by atoms with Crippen molar-refractivity contribution in [2.45, 2.75) is 65.4 Å². The molecule has 0 aliphatic carbocycles. The van der Waals surface area contributed by atoms with Gasteiger partial charge in [0, 0.05) is 22.9 Å². The van der Waals surface area contributed by atoms with Gasteiger partial charge in [-0.15, -0.1) is 0 Å². The van der Waals surface area contributed by atoms with Gasteiger partial charge < -0.3 is 9.72 Å². The number of nitrogens with one attached hydrogen (secondary N) is 1. The van der Waals surface area contributed by atoms with Crippen molar-refractivity contribution in [3.8, 4) is 11.3 Å². The van der Waals surface area contributed by atoms with E-state index in [4.69, 9.17) is 4.74 Å². The van der Waals surface area contributed by atoms with Gasteiger partial charge in [0.1, 0.15) is 29.1 Å². The zero-order valence-electron chi connectivity index (χ0n) is 22.1. The number of halogens is 1. The Morgan fingerprint density at radius 2 is 1.65 bits per heavy atom. The van der Waals surface area contributed by atoms with E-state index in [0.717, 1.165) is 5.56 Å². The summed E-state index contributed by atoms with van der Waals surface area (Å²) >= 11 is 0. The fourth-order valence-electron chi connectivity index (χ4n) is 4.06. The van der Waals surface area contributed by atoms with Crippen molar-refractivity contribution in [3.63, 3.8) is 0 Å². The van der Waals surface area contributed by atoms with Crippen molar-refractivity contribution in [1.82, 2.24) is 15.0 Å². The number of H-pyrrole nitrogens is 1. The average Bonchev–Trinajstić information content (AvgIpc) is 3.26. The van der Waals surface area contributed by atoms with E-state index in [0.29, 0.717) is 33.4 Å². The first-order valence-electron chi connectivity index (χ1n) is 12.3. The van der Waals surface area contributed by atoms with Gasteiger partial charge in [-0.3, -0.25) is 4.79 Å². The predicted octanol–water partition coefficient (Wildman–Crippen LogP) is 6.83. The van der Waals surface area contributed by atoms with E-state index in [1.165, 1.54) is 12.4 Å². The zero-order chi connectivity index (χ0) is 27.0. The summed E-state index contributed by atoms with van der Waals surface area (Å²) in [6.07, 6.45) is 1.86. The van der Waals surface area contributed by atoms with Crippen LogP contribution in [-0.4, -0.2) is 32.3 Å². The Kier molecular flexibility index (Phi) is 7.00. The molecule has 0 bridgehead atoms. The molecule has 0 atom stereocenters. The number of fused-ring (bicyclic) bond motifs is 1. The molecule has 2 aromatic carbocycles. The molecule has 7 heteroatoms. The number of esters is 1. The Morgan fingerprint density at radius 3 is 2.27 bits per heavy atom. The normalized spacial score (nSPS) is 12.1. The minimum absolute atomic E-state index is 0.0133. The highest BCUT2D eigenvalue weighted by molar-refractivity contribution is 5.99. The summed E-state index contributed by atoms with van der Waals surface area (Å²) in [7, 11) is 0. The van der Waals surface area contributed by atoms with Crippen molar-refractivity contribution in [3.05, 3.63) is 83.1 Å². The van der Waals surface area contributed by atoms with Crippen molar-refractivity contribution in [2.24, 2.45) is 0 Å². The SMILES string of the molecule is CC(C)(C)OC(=O)c1cc2c(-c3ccc(CCC(=O)c4ccc(C(C)(C)C)cc4)c(F)c3)ncnc2[nH]1. The Bertz CT molecular complexity index is 1460. The molecule has 0 aliphatic heterocycles. The van der Waals surface area contributed by atoms with E-state index in [-0.39, 0.29) is 29.7 Å². The number of ketones is 1. The van der Waals surface area contributed by atoms with Crippen molar-refractivity contribution in [1.29, 1.82) is 0 Å². The van der Waals surface area contributed by atoms with Crippen LogP contribution in [0.15, 0.2) is 54.9 Å². The number of carbonyl (C=O) groups is 2. The fraction of sp³-hybridized carbons (Fsp3) is 0.333. The molecule has 37 heavy (non-hydrogen) atoms. The van der Waals surface area contributed by atoms with Gasteiger partial charge in [0.2, 0.25) is 0 Å². The van der Waals surface area contributed by atoms with E-state index >= 15 is 4.39 Å². The predicted molar refractivity (Wildman–Crippen MR) is 142 cm³/mol. The van der Waals surface area contributed by atoms with Crippen LogP contribution in [0.2, 0.25) is 0 Å². The second kappa shape index (κ2) is 9.88. The van der Waals surface area contributed by atoms with Crippen LogP contribution in [-0.2, 0) is 16.6 Å². The van der Waals surface area contributed by atoms with Crippen LogP contribution in [0.5, 0.6) is 0 Å². The largest absolute Gasteiger partial charge is 0.455 e. The molecule has 4 aromatic rings. The van der Waals surface area contributed by atoms with Crippen molar-refractivity contribution >= 4 is 22.8 Å². The van der Waals surface area contributed by atoms with E-state index in [2.05, 4.69) is 35.7 Å². The lowest BCUT2D eigenvalue weighted by Crippen LogP contribution is -2.24. The van der Waals surface area contributed by atoms with E-state index in [1.54, 1.807) is 39.0 Å². The lowest BCUT2D eigenvalue weighted by Gasteiger charge is -2.19. The lowest BCUT2D eigenvalue weighted by atomic mass is 9.86. The smallest absolute Gasteiger partial charge is 0.355 e. The third kappa shape index (κ3) is 6.10. The zero-order valence-corrected chi connectivity index (χ0v) is 22.1. The molecule has 0 spiro atoms. The fourth-order valence-corrected chi connectivity index (χ4v) is 4.06. The summed E-state index contributed by atoms with van der Waals surface area (Å²) in [6, 6.07) is 14.1. The van der Waals surface area contributed by atoms with Crippen molar-refractivity contribution < 1.29 is 18.7 Å². The van der Waals surface area contributed by atoms with Crippen LogP contribution in [0.3, 0.4) is 0 Å². The van der Waals surface area contributed by atoms with E-state index in [1.807, 2.05) is 24.3 Å². The average molecular weight is 502 g/mol. The maximum absolute atomic E-state index is 15.1. The molecule has 0 saturated carbocycles. The van der Waals surface area contributed by atoms with Gasteiger partial charge in [-0.1, -0.05) is 57.2 Å². The highest BCUT2D eigenvalue weighted by atomic mass is 19.1. The molecular formula is C30H32FN3O3. The Morgan fingerprint density at radius 1 is 0.946 bits per heavy atom. The quantitative estimate of drug-likeness (QED) is 0.231. The number of aryl methyl sites for hydroxylation is 1. The van der Waals surface area contributed by atoms with Crippen LogP contribution >= 0.6 is 0 Å². The molecule has 0 unspecified atom stereocenters. The highest BCUT2D eigenvalue weighted by Crippen LogP contribution is 2.29. The van der Waals surface area contributed by atoms with Crippen LogP contribution in [0.25, 0.3) is 22.3 Å². The Balaban J connectivity index is 1.51. The molecule has 0 aliphatic rings. The summed E-state index contributed by atoms with van der Waals surface area (Å²) in [5.74, 6) is -0.942. The summed E-state index contributed by atoms with van der Waals surface area (Å²) < 4.78 is 20.5. The molecule has 0 fully saturated rings. The molecule has 192 valence electrons. The second-order valence-electron chi connectivity index (χ2n) is 11.2. The molecular weight excluding hydrogens is 469 g/mol. The minimum Gasteiger partial charge on any atom is -0.455 e. The number of aromatic amines is 1. The number of Topliss-reactive ketones (excluding diaryl/α,β-unsaturated/α-hetero) is 1. The third-order valence-corrected chi connectivity index (χ3v) is 6.07. The number of hydrogen-bond donors (Lipinski definition) is 1. The first-order valence-corrected chi connectivity index (χ1v) is 12.3. The van der Waals surface area contributed by atoms with Gasteiger partial charge in [-0.2, -0.15) is 0 Å². The molecule has 0 amide bonds. The van der Waals surface area contributed by atoms with Gasteiger partial charge >= 0.3 is 5.97 Å². The van der Waals surface area contributed by atoms with Crippen LogP contribution in [0.1, 0.15) is 79.9 Å². The van der Waals surface area contributed by atoms with Gasteiger partial charge in [-0.25, -0.2) is 19.2 Å². The number of ether oxygens (including phenoxy) is 1. The summed E-state index contributed by atoms with van der Waals surface area (Å²) in [5, 5.41) is 0.587.